The predicted molar refractivity (Wildman–Crippen MR) is 106 cm³/mol. The zero-order valence-electron chi connectivity index (χ0n) is 15.2. The molecule has 3 aromatic rings. The number of hydrogen-bond donors (Lipinski definition) is 1. The van der Waals surface area contributed by atoms with Gasteiger partial charge in [-0.25, -0.2) is 0 Å². The molecule has 4 rings (SSSR count). The Morgan fingerprint density at radius 1 is 0.963 bits per heavy atom. The smallest absolute Gasteiger partial charge is 0.257 e. The first kappa shape index (κ1) is 17.6. The summed E-state index contributed by atoms with van der Waals surface area (Å²) in [6.07, 6.45) is 1.79. The first-order valence-electron chi connectivity index (χ1n) is 9.37. The topological polar surface area (TPSA) is 49.8 Å². The Bertz CT molecular complexity index is 931. The highest BCUT2D eigenvalue weighted by molar-refractivity contribution is 6.01. The summed E-state index contributed by atoms with van der Waals surface area (Å²) in [5.41, 5.74) is 1.54. The van der Waals surface area contributed by atoms with E-state index in [1.807, 2.05) is 47.4 Å². The number of phenols is 1. The number of hydrogen-bond acceptors (Lipinski definition) is 3. The number of amides is 1. The van der Waals surface area contributed by atoms with Crippen LogP contribution in [-0.4, -0.2) is 35.1 Å². The largest absolute Gasteiger partial charge is 0.507 e. The van der Waals surface area contributed by atoms with Gasteiger partial charge >= 0.3 is 0 Å². The van der Waals surface area contributed by atoms with Crippen molar-refractivity contribution in [3.8, 4) is 5.75 Å². The SMILES string of the molecule is O=C(c1cc2ccccc2cc1O)N1CCC(OCc2ccccc2)CC1. The van der Waals surface area contributed by atoms with Crippen LogP contribution >= 0.6 is 0 Å². The van der Waals surface area contributed by atoms with Gasteiger partial charge in [-0.2, -0.15) is 0 Å². The second-order valence-electron chi connectivity index (χ2n) is 7.00. The highest BCUT2D eigenvalue weighted by atomic mass is 16.5. The lowest BCUT2D eigenvalue weighted by Crippen LogP contribution is -2.40. The molecule has 1 N–H and O–H groups in total. The van der Waals surface area contributed by atoms with Crippen molar-refractivity contribution in [1.29, 1.82) is 0 Å². The molecule has 1 saturated heterocycles. The van der Waals surface area contributed by atoms with Crippen LogP contribution in [0.1, 0.15) is 28.8 Å². The van der Waals surface area contributed by atoms with Crippen molar-refractivity contribution < 1.29 is 14.6 Å². The molecule has 0 aliphatic carbocycles. The van der Waals surface area contributed by atoms with Crippen molar-refractivity contribution >= 4 is 16.7 Å². The lowest BCUT2D eigenvalue weighted by Gasteiger charge is -2.32. The van der Waals surface area contributed by atoms with Crippen LogP contribution in [0, 0.1) is 0 Å². The minimum Gasteiger partial charge on any atom is -0.507 e. The molecule has 138 valence electrons. The summed E-state index contributed by atoms with van der Waals surface area (Å²) < 4.78 is 6.00. The van der Waals surface area contributed by atoms with Crippen molar-refractivity contribution in [2.24, 2.45) is 0 Å². The summed E-state index contributed by atoms with van der Waals surface area (Å²) in [6, 6.07) is 21.3. The molecule has 4 heteroatoms. The van der Waals surface area contributed by atoms with Gasteiger partial charge in [-0.1, -0.05) is 54.6 Å². The fourth-order valence-electron chi connectivity index (χ4n) is 3.58. The van der Waals surface area contributed by atoms with Crippen LogP contribution in [0.4, 0.5) is 0 Å². The molecule has 1 fully saturated rings. The van der Waals surface area contributed by atoms with Crippen molar-refractivity contribution in [2.45, 2.75) is 25.6 Å². The van der Waals surface area contributed by atoms with Crippen molar-refractivity contribution in [3.05, 3.63) is 77.9 Å². The van der Waals surface area contributed by atoms with Gasteiger partial charge in [-0.05, 0) is 41.3 Å². The standard InChI is InChI=1S/C23H23NO3/c25-22-15-19-9-5-4-8-18(19)14-21(22)23(26)24-12-10-20(11-13-24)27-16-17-6-2-1-3-7-17/h1-9,14-15,20,25H,10-13,16H2. The Morgan fingerprint density at radius 2 is 1.59 bits per heavy atom. The number of carbonyl (C=O) groups is 1. The van der Waals surface area contributed by atoms with Crippen LogP contribution in [0.3, 0.4) is 0 Å². The molecule has 4 nitrogen and oxygen atoms in total. The van der Waals surface area contributed by atoms with Crippen molar-refractivity contribution in [2.75, 3.05) is 13.1 Å². The third-order valence-corrected chi connectivity index (χ3v) is 5.15. The average Bonchev–Trinajstić information content (AvgIpc) is 2.72. The Labute approximate surface area is 159 Å². The number of nitrogens with zero attached hydrogens (tertiary/aromatic N) is 1. The van der Waals surface area contributed by atoms with Gasteiger partial charge < -0.3 is 14.7 Å². The van der Waals surface area contributed by atoms with Gasteiger partial charge in [-0.3, -0.25) is 4.79 Å². The maximum absolute atomic E-state index is 12.9. The number of piperidine rings is 1. The fraction of sp³-hybridized carbons (Fsp3) is 0.261. The number of phenolic OH excluding ortho intramolecular Hbond substituents is 1. The summed E-state index contributed by atoms with van der Waals surface area (Å²) in [6.45, 7) is 1.89. The molecule has 1 aliphatic heterocycles. The molecule has 0 bridgehead atoms. The number of fused-ring (bicyclic) bond motifs is 1. The molecule has 3 aromatic carbocycles. The Balaban J connectivity index is 1.38. The Hall–Kier alpha value is -2.85. The molecule has 0 saturated carbocycles. The predicted octanol–water partition coefficient (Wildman–Crippen LogP) is 4.37. The van der Waals surface area contributed by atoms with E-state index in [-0.39, 0.29) is 17.8 Å². The van der Waals surface area contributed by atoms with Crippen LogP contribution in [0.5, 0.6) is 5.75 Å². The molecule has 1 heterocycles. The highest BCUT2D eigenvalue weighted by Crippen LogP contribution is 2.27. The van der Waals surface area contributed by atoms with E-state index in [2.05, 4.69) is 12.1 Å². The van der Waals surface area contributed by atoms with E-state index >= 15 is 0 Å². The maximum Gasteiger partial charge on any atom is 0.257 e. The normalized spacial score (nSPS) is 15.2. The van der Waals surface area contributed by atoms with Crippen LogP contribution in [-0.2, 0) is 11.3 Å². The van der Waals surface area contributed by atoms with Gasteiger partial charge in [-0.15, -0.1) is 0 Å². The molecule has 0 radical (unpaired) electrons. The maximum atomic E-state index is 12.9. The molecule has 1 aliphatic rings. The number of aromatic hydroxyl groups is 1. The van der Waals surface area contributed by atoms with Gasteiger partial charge in [0.05, 0.1) is 18.3 Å². The van der Waals surface area contributed by atoms with Gasteiger partial charge in [0.2, 0.25) is 0 Å². The third kappa shape index (κ3) is 3.96. The fourth-order valence-corrected chi connectivity index (χ4v) is 3.58. The van der Waals surface area contributed by atoms with Crippen LogP contribution in [0.2, 0.25) is 0 Å². The van der Waals surface area contributed by atoms with E-state index in [1.165, 1.54) is 0 Å². The molecular weight excluding hydrogens is 338 g/mol. The Kier molecular flexibility index (Phi) is 5.07. The molecule has 0 atom stereocenters. The van der Waals surface area contributed by atoms with Crippen LogP contribution in [0.25, 0.3) is 10.8 Å². The van der Waals surface area contributed by atoms with Gasteiger partial charge in [0.1, 0.15) is 5.75 Å². The molecular formula is C23H23NO3. The second kappa shape index (κ2) is 7.80. The van der Waals surface area contributed by atoms with Gasteiger partial charge in [0.25, 0.3) is 5.91 Å². The Morgan fingerprint density at radius 3 is 2.30 bits per heavy atom. The van der Waals surface area contributed by atoms with Gasteiger partial charge in [0, 0.05) is 13.1 Å². The quantitative estimate of drug-likeness (QED) is 0.751. The third-order valence-electron chi connectivity index (χ3n) is 5.15. The number of likely N-dealkylation sites (tertiary alicyclic amines) is 1. The summed E-state index contributed by atoms with van der Waals surface area (Å²) in [5, 5.41) is 12.2. The van der Waals surface area contributed by atoms with E-state index in [9.17, 15) is 9.90 Å². The first-order valence-corrected chi connectivity index (χ1v) is 9.37. The monoisotopic (exact) mass is 361 g/mol. The van der Waals surface area contributed by atoms with Gasteiger partial charge in [0.15, 0.2) is 0 Å². The highest BCUT2D eigenvalue weighted by Gasteiger charge is 2.25. The van der Waals surface area contributed by atoms with Crippen LogP contribution in [0.15, 0.2) is 66.7 Å². The summed E-state index contributed by atoms with van der Waals surface area (Å²) >= 11 is 0. The van der Waals surface area contributed by atoms with E-state index in [0.717, 1.165) is 29.2 Å². The summed E-state index contributed by atoms with van der Waals surface area (Å²) in [7, 11) is 0. The van der Waals surface area contributed by atoms with Crippen molar-refractivity contribution in [3.63, 3.8) is 0 Å². The minimum atomic E-state index is -0.111. The second-order valence-corrected chi connectivity index (χ2v) is 7.00. The zero-order valence-corrected chi connectivity index (χ0v) is 15.2. The molecule has 0 spiro atoms. The number of benzene rings is 3. The van der Waals surface area contributed by atoms with Crippen LogP contribution < -0.4 is 0 Å². The molecule has 0 aromatic heterocycles. The van der Waals surface area contributed by atoms with E-state index in [4.69, 9.17) is 4.74 Å². The number of rotatable bonds is 4. The lowest BCUT2D eigenvalue weighted by atomic mass is 10.0. The average molecular weight is 361 g/mol. The molecule has 0 unspecified atom stereocenters. The van der Waals surface area contributed by atoms with E-state index in [1.54, 1.807) is 12.1 Å². The summed E-state index contributed by atoms with van der Waals surface area (Å²) in [5.74, 6) is -0.0686. The van der Waals surface area contributed by atoms with E-state index in [0.29, 0.717) is 25.3 Å². The minimum absolute atomic E-state index is 0.0427. The lowest BCUT2D eigenvalue weighted by molar-refractivity contribution is -0.000424. The van der Waals surface area contributed by atoms with Crippen molar-refractivity contribution in [1.82, 2.24) is 4.90 Å². The summed E-state index contributed by atoms with van der Waals surface area (Å²) in [4.78, 5) is 14.7. The number of ether oxygens (including phenoxy) is 1. The first-order chi connectivity index (χ1) is 13.2. The number of carbonyl (C=O) groups excluding carboxylic acids is 1. The zero-order chi connectivity index (χ0) is 18.6. The van der Waals surface area contributed by atoms with E-state index < -0.39 is 0 Å². The molecule has 27 heavy (non-hydrogen) atoms. The molecule has 1 amide bonds.